The molecule has 3 fully saturated rings. The summed E-state index contributed by atoms with van der Waals surface area (Å²) >= 11 is 0. The van der Waals surface area contributed by atoms with E-state index in [4.69, 9.17) is 9.47 Å². The Morgan fingerprint density at radius 2 is 1.89 bits per heavy atom. The molecule has 5 heteroatoms. The number of hydrogen-bond acceptors (Lipinski definition) is 5. The Morgan fingerprint density at radius 3 is 2.64 bits per heavy atom. The van der Waals surface area contributed by atoms with Gasteiger partial charge in [-0.25, -0.2) is 0 Å². The Hall–Kier alpha value is -1.36. The highest BCUT2D eigenvalue weighted by molar-refractivity contribution is 5.69. The maximum Gasteiger partial charge on any atom is 0.306 e. The van der Waals surface area contributed by atoms with Crippen molar-refractivity contribution in [3.63, 3.8) is 0 Å². The van der Waals surface area contributed by atoms with Gasteiger partial charge in [0.25, 0.3) is 0 Å². The fraction of sp³-hybridized carbons (Fsp3) is 0.871. The molecule has 4 aliphatic rings. The van der Waals surface area contributed by atoms with Crippen molar-refractivity contribution < 1.29 is 19.1 Å². The summed E-state index contributed by atoms with van der Waals surface area (Å²) in [4.78, 5) is 23.5. The van der Waals surface area contributed by atoms with Crippen LogP contribution in [0.2, 0.25) is 0 Å². The second-order valence-electron chi connectivity index (χ2n) is 13.0. The number of fused-ring (bicyclic) bond motifs is 5. The van der Waals surface area contributed by atoms with E-state index in [1.54, 1.807) is 5.57 Å². The van der Waals surface area contributed by atoms with Crippen molar-refractivity contribution in [3.8, 4) is 0 Å². The maximum absolute atomic E-state index is 12.1. The zero-order valence-electron chi connectivity index (χ0n) is 23.6. The van der Waals surface area contributed by atoms with Crippen LogP contribution < -0.4 is 5.32 Å². The number of carbonyl (C=O) groups is 2. The maximum atomic E-state index is 12.1. The van der Waals surface area contributed by atoms with Crippen molar-refractivity contribution in [2.75, 3.05) is 20.2 Å². The van der Waals surface area contributed by atoms with Gasteiger partial charge in [-0.05, 0) is 111 Å². The number of carbonyl (C=O) groups excluding carboxylic acids is 2. The van der Waals surface area contributed by atoms with Gasteiger partial charge < -0.3 is 14.8 Å². The molecule has 0 aromatic carbocycles. The second kappa shape index (κ2) is 11.6. The Bertz CT molecular complexity index is 823. The van der Waals surface area contributed by atoms with Crippen molar-refractivity contribution >= 4 is 11.9 Å². The quantitative estimate of drug-likeness (QED) is 0.211. The molecule has 0 bridgehead atoms. The van der Waals surface area contributed by atoms with Gasteiger partial charge >= 0.3 is 11.9 Å². The standard InChI is InChI=1S/C31H51NO4/c1-6-8-29(34)36-23-14-16-30(3)22(19-23)10-11-24-26-13-12-25(31(26,4)17-15-27(24)30)21(2)20-32-18-7-9-28(33)35-5/h10,21,23-27,32H,6-9,11-20H2,1-5H3/t21-,23+,24+,25-,26+,27+,30+,31-/m1/s1. The van der Waals surface area contributed by atoms with Crippen LogP contribution in [0.3, 0.4) is 0 Å². The number of esters is 2. The van der Waals surface area contributed by atoms with Gasteiger partial charge in [0.15, 0.2) is 0 Å². The summed E-state index contributed by atoms with van der Waals surface area (Å²) < 4.78 is 10.6. The molecule has 1 N–H and O–H groups in total. The summed E-state index contributed by atoms with van der Waals surface area (Å²) in [7, 11) is 1.46. The van der Waals surface area contributed by atoms with Crippen molar-refractivity contribution in [2.24, 2.45) is 40.4 Å². The summed E-state index contributed by atoms with van der Waals surface area (Å²) in [6, 6.07) is 0. The van der Waals surface area contributed by atoms with Gasteiger partial charge in [-0.15, -0.1) is 0 Å². The summed E-state index contributed by atoms with van der Waals surface area (Å²) in [5, 5.41) is 3.63. The van der Waals surface area contributed by atoms with Crippen molar-refractivity contribution in [1.29, 1.82) is 0 Å². The van der Waals surface area contributed by atoms with Crippen LogP contribution in [0.1, 0.15) is 105 Å². The Morgan fingerprint density at radius 1 is 1.08 bits per heavy atom. The van der Waals surface area contributed by atoms with Crippen LogP contribution >= 0.6 is 0 Å². The van der Waals surface area contributed by atoms with Gasteiger partial charge in [0.1, 0.15) is 6.10 Å². The molecule has 4 aliphatic carbocycles. The van der Waals surface area contributed by atoms with Crippen LogP contribution in [-0.4, -0.2) is 38.2 Å². The molecule has 0 aromatic heterocycles. The molecule has 0 aliphatic heterocycles. The van der Waals surface area contributed by atoms with E-state index in [-0.39, 0.29) is 18.0 Å². The van der Waals surface area contributed by atoms with E-state index >= 15 is 0 Å². The molecule has 3 saturated carbocycles. The third kappa shape index (κ3) is 5.42. The number of rotatable bonds is 10. The molecular weight excluding hydrogens is 450 g/mol. The highest BCUT2D eigenvalue weighted by Gasteiger charge is 2.59. The number of allylic oxidation sites excluding steroid dienone is 1. The van der Waals surface area contributed by atoms with Crippen LogP contribution in [0, 0.1) is 40.4 Å². The molecule has 36 heavy (non-hydrogen) atoms. The van der Waals surface area contributed by atoms with E-state index in [9.17, 15) is 9.59 Å². The molecular formula is C31H51NO4. The minimum Gasteiger partial charge on any atom is -0.469 e. The number of ether oxygens (including phenoxy) is 2. The van der Waals surface area contributed by atoms with E-state index in [0.29, 0.717) is 29.6 Å². The predicted molar refractivity (Wildman–Crippen MR) is 143 cm³/mol. The first kappa shape index (κ1) is 27.7. The van der Waals surface area contributed by atoms with E-state index in [0.717, 1.165) is 62.4 Å². The average molecular weight is 502 g/mol. The van der Waals surface area contributed by atoms with Gasteiger partial charge in [0.05, 0.1) is 7.11 Å². The fourth-order valence-electron chi connectivity index (χ4n) is 9.08. The summed E-state index contributed by atoms with van der Waals surface area (Å²) in [6.07, 6.45) is 15.2. The third-order valence-electron chi connectivity index (χ3n) is 11.0. The topological polar surface area (TPSA) is 64.6 Å². The smallest absolute Gasteiger partial charge is 0.306 e. The molecule has 0 spiro atoms. The highest BCUT2D eigenvalue weighted by atomic mass is 16.5. The monoisotopic (exact) mass is 501 g/mol. The number of hydrogen-bond donors (Lipinski definition) is 1. The third-order valence-corrected chi connectivity index (χ3v) is 11.0. The lowest BCUT2D eigenvalue weighted by atomic mass is 9.47. The lowest BCUT2D eigenvalue weighted by Gasteiger charge is -2.58. The van der Waals surface area contributed by atoms with Crippen molar-refractivity contribution in [1.82, 2.24) is 5.32 Å². The summed E-state index contributed by atoms with van der Waals surface area (Å²) in [6.45, 7) is 11.6. The minimum atomic E-state index is -0.114. The molecule has 0 amide bonds. The molecule has 0 saturated heterocycles. The predicted octanol–water partition coefficient (Wildman–Crippen LogP) is 6.46. The van der Waals surface area contributed by atoms with Crippen LogP contribution in [0.5, 0.6) is 0 Å². The Labute approximate surface area is 219 Å². The zero-order valence-corrected chi connectivity index (χ0v) is 23.6. The molecule has 204 valence electrons. The van der Waals surface area contributed by atoms with Gasteiger partial charge in [0.2, 0.25) is 0 Å². The average Bonchev–Trinajstić information content (AvgIpc) is 3.21. The van der Waals surface area contributed by atoms with E-state index < -0.39 is 0 Å². The first-order chi connectivity index (χ1) is 17.2. The zero-order chi connectivity index (χ0) is 25.9. The lowest BCUT2D eigenvalue weighted by Crippen LogP contribution is -2.51. The van der Waals surface area contributed by atoms with E-state index in [1.807, 2.05) is 6.92 Å². The van der Waals surface area contributed by atoms with Crippen LogP contribution in [0.25, 0.3) is 0 Å². The molecule has 0 unspecified atom stereocenters. The first-order valence-corrected chi connectivity index (χ1v) is 14.9. The summed E-state index contributed by atoms with van der Waals surface area (Å²) in [5.74, 6) is 3.74. The highest BCUT2D eigenvalue weighted by Crippen LogP contribution is 2.67. The lowest BCUT2D eigenvalue weighted by molar-refractivity contribution is -0.151. The molecule has 4 rings (SSSR count). The van der Waals surface area contributed by atoms with Gasteiger partial charge in [-0.2, -0.15) is 0 Å². The minimum absolute atomic E-state index is 0.0158. The molecule has 0 heterocycles. The Balaban J connectivity index is 1.36. The molecule has 5 nitrogen and oxygen atoms in total. The van der Waals surface area contributed by atoms with Gasteiger partial charge in [-0.1, -0.05) is 39.3 Å². The van der Waals surface area contributed by atoms with Crippen molar-refractivity contribution in [3.05, 3.63) is 11.6 Å². The normalized spacial score (nSPS) is 38.2. The van der Waals surface area contributed by atoms with Crippen LogP contribution in [-0.2, 0) is 19.1 Å². The number of nitrogens with one attached hydrogen (secondary N) is 1. The van der Waals surface area contributed by atoms with E-state index in [2.05, 4.69) is 32.2 Å². The van der Waals surface area contributed by atoms with Crippen LogP contribution in [0.4, 0.5) is 0 Å². The van der Waals surface area contributed by atoms with Crippen LogP contribution in [0.15, 0.2) is 11.6 Å². The van der Waals surface area contributed by atoms with Gasteiger partial charge in [0, 0.05) is 19.3 Å². The SMILES string of the molecule is CCCC(=O)O[C@H]1CC[C@@]2(C)C(=CC[C@H]3[C@@H]4CC[C@H]([C@H](C)CNCCCC(=O)OC)[C@@]4(C)CC[C@@H]32)C1. The largest absolute Gasteiger partial charge is 0.469 e. The summed E-state index contributed by atoms with van der Waals surface area (Å²) in [5.41, 5.74) is 2.33. The van der Waals surface area contributed by atoms with E-state index in [1.165, 1.54) is 45.6 Å². The van der Waals surface area contributed by atoms with Crippen molar-refractivity contribution in [2.45, 2.75) is 111 Å². The Kier molecular flexibility index (Phi) is 8.90. The second-order valence-corrected chi connectivity index (χ2v) is 13.0. The van der Waals surface area contributed by atoms with Gasteiger partial charge in [-0.3, -0.25) is 9.59 Å². The number of methoxy groups -OCH3 is 1. The fourth-order valence-corrected chi connectivity index (χ4v) is 9.08. The first-order valence-electron chi connectivity index (χ1n) is 14.9. The molecule has 0 radical (unpaired) electrons. The molecule has 0 aromatic rings. The molecule has 8 atom stereocenters.